The third kappa shape index (κ3) is 3.47. The molecular weight excluding hydrogens is 178 g/mol. The zero-order valence-electron chi connectivity index (χ0n) is 8.29. The number of rotatable bonds is 5. The van der Waals surface area contributed by atoms with Crippen LogP contribution in [0.3, 0.4) is 0 Å². The van der Waals surface area contributed by atoms with E-state index < -0.39 is 5.97 Å². The molecule has 0 radical (unpaired) electrons. The molecule has 0 aliphatic carbocycles. The number of carboxylic acid groups (broad SMARTS) is 1. The van der Waals surface area contributed by atoms with Gasteiger partial charge in [0.25, 0.3) is 0 Å². The summed E-state index contributed by atoms with van der Waals surface area (Å²) in [6.07, 6.45) is 2.20. The first kappa shape index (κ1) is 10.6. The Hall–Kier alpha value is -1.51. The van der Waals surface area contributed by atoms with Crippen molar-refractivity contribution in [2.75, 3.05) is 11.9 Å². The fourth-order valence-electron chi connectivity index (χ4n) is 1.26. The standard InChI is InChI=1S/C11H15NO2/c1-2-3-9-4-6-10(7-5-9)12-8-11(13)14/h4-7,12H,2-3,8H2,1H3,(H,13,14). The highest BCUT2D eigenvalue weighted by atomic mass is 16.4. The lowest BCUT2D eigenvalue weighted by atomic mass is 10.1. The number of nitrogens with one attached hydrogen (secondary N) is 1. The average Bonchev–Trinajstić information content (AvgIpc) is 2.17. The molecule has 14 heavy (non-hydrogen) atoms. The summed E-state index contributed by atoms with van der Waals surface area (Å²) in [5.74, 6) is -0.845. The van der Waals surface area contributed by atoms with Crippen molar-refractivity contribution in [1.29, 1.82) is 0 Å². The van der Waals surface area contributed by atoms with Crippen molar-refractivity contribution in [3.63, 3.8) is 0 Å². The van der Waals surface area contributed by atoms with E-state index in [-0.39, 0.29) is 6.54 Å². The van der Waals surface area contributed by atoms with Crippen LogP contribution in [0, 0.1) is 0 Å². The van der Waals surface area contributed by atoms with Gasteiger partial charge in [-0.3, -0.25) is 4.79 Å². The van der Waals surface area contributed by atoms with Crippen molar-refractivity contribution in [1.82, 2.24) is 0 Å². The number of carboxylic acids is 1. The summed E-state index contributed by atoms with van der Waals surface area (Å²) in [5, 5.41) is 11.3. The summed E-state index contributed by atoms with van der Waals surface area (Å²) in [6, 6.07) is 7.86. The number of aliphatic carboxylic acids is 1. The maximum atomic E-state index is 10.3. The van der Waals surface area contributed by atoms with Crippen LogP contribution in [0.5, 0.6) is 0 Å². The Morgan fingerprint density at radius 2 is 2.00 bits per heavy atom. The molecule has 3 nitrogen and oxygen atoms in total. The zero-order valence-corrected chi connectivity index (χ0v) is 8.29. The number of anilines is 1. The van der Waals surface area contributed by atoms with Gasteiger partial charge in [0.05, 0.1) is 0 Å². The Morgan fingerprint density at radius 1 is 1.36 bits per heavy atom. The highest BCUT2D eigenvalue weighted by Gasteiger charge is 1.96. The first-order valence-electron chi connectivity index (χ1n) is 4.77. The van der Waals surface area contributed by atoms with Gasteiger partial charge in [-0.15, -0.1) is 0 Å². The van der Waals surface area contributed by atoms with Crippen LogP contribution in [0.25, 0.3) is 0 Å². The van der Waals surface area contributed by atoms with Crippen LogP contribution in [0.15, 0.2) is 24.3 Å². The molecule has 0 atom stereocenters. The fraction of sp³-hybridized carbons (Fsp3) is 0.364. The summed E-state index contributed by atoms with van der Waals surface area (Å²) >= 11 is 0. The molecule has 0 aromatic heterocycles. The largest absolute Gasteiger partial charge is 0.480 e. The van der Waals surface area contributed by atoms with Gasteiger partial charge in [-0.2, -0.15) is 0 Å². The van der Waals surface area contributed by atoms with E-state index in [2.05, 4.69) is 12.2 Å². The molecule has 0 fully saturated rings. The molecule has 0 amide bonds. The monoisotopic (exact) mass is 193 g/mol. The van der Waals surface area contributed by atoms with E-state index in [0.29, 0.717) is 0 Å². The Labute approximate surface area is 83.8 Å². The van der Waals surface area contributed by atoms with Crippen LogP contribution < -0.4 is 5.32 Å². The molecule has 0 spiro atoms. The summed E-state index contributed by atoms with van der Waals surface area (Å²) in [6.45, 7) is 2.10. The molecule has 1 aromatic carbocycles. The van der Waals surface area contributed by atoms with Crippen LogP contribution in [-0.2, 0) is 11.2 Å². The third-order valence-corrected chi connectivity index (χ3v) is 1.94. The summed E-state index contributed by atoms with van der Waals surface area (Å²) in [4.78, 5) is 10.3. The first-order chi connectivity index (χ1) is 6.72. The van der Waals surface area contributed by atoms with Gasteiger partial charge in [0.1, 0.15) is 6.54 Å². The molecule has 0 bridgehead atoms. The molecule has 0 saturated heterocycles. The normalized spacial score (nSPS) is 9.79. The van der Waals surface area contributed by atoms with Gasteiger partial charge in [0.2, 0.25) is 0 Å². The van der Waals surface area contributed by atoms with Crippen molar-refractivity contribution in [2.45, 2.75) is 19.8 Å². The molecule has 0 saturated carbocycles. The van der Waals surface area contributed by atoms with Crippen LogP contribution in [0.2, 0.25) is 0 Å². The van der Waals surface area contributed by atoms with Gasteiger partial charge < -0.3 is 10.4 Å². The summed E-state index contributed by atoms with van der Waals surface area (Å²) in [7, 11) is 0. The Kier molecular flexibility index (Phi) is 3.98. The Morgan fingerprint density at radius 3 is 2.50 bits per heavy atom. The second-order valence-corrected chi connectivity index (χ2v) is 3.19. The minimum absolute atomic E-state index is 0.0346. The Balaban J connectivity index is 2.50. The summed E-state index contributed by atoms with van der Waals surface area (Å²) < 4.78 is 0. The zero-order chi connectivity index (χ0) is 10.4. The minimum atomic E-state index is -0.845. The second kappa shape index (κ2) is 5.27. The second-order valence-electron chi connectivity index (χ2n) is 3.19. The lowest BCUT2D eigenvalue weighted by Gasteiger charge is -2.04. The number of aryl methyl sites for hydroxylation is 1. The predicted octanol–water partition coefficient (Wildman–Crippen LogP) is 2.14. The van der Waals surface area contributed by atoms with Crippen molar-refractivity contribution in [3.8, 4) is 0 Å². The lowest BCUT2D eigenvalue weighted by molar-refractivity contribution is -0.134. The molecule has 1 aromatic rings. The van der Waals surface area contributed by atoms with Gasteiger partial charge in [0.15, 0.2) is 0 Å². The fourth-order valence-corrected chi connectivity index (χ4v) is 1.26. The smallest absolute Gasteiger partial charge is 0.322 e. The number of hydrogen-bond donors (Lipinski definition) is 2. The topological polar surface area (TPSA) is 49.3 Å². The molecule has 0 aliphatic rings. The van der Waals surface area contributed by atoms with E-state index in [1.165, 1.54) is 5.56 Å². The van der Waals surface area contributed by atoms with Crippen LogP contribution in [0.4, 0.5) is 5.69 Å². The molecule has 76 valence electrons. The SMILES string of the molecule is CCCc1ccc(NCC(=O)O)cc1. The van der Waals surface area contributed by atoms with Crippen LogP contribution >= 0.6 is 0 Å². The van der Waals surface area contributed by atoms with Gasteiger partial charge in [-0.1, -0.05) is 25.5 Å². The van der Waals surface area contributed by atoms with Gasteiger partial charge >= 0.3 is 5.97 Å². The van der Waals surface area contributed by atoms with Gasteiger partial charge in [0, 0.05) is 5.69 Å². The van der Waals surface area contributed by atoms with Crippen molar-refractivity contribution in [3.05, 3.63) is 29.8 Å². The van der Waals surface area contributed by atoms with Gasteiger partial charge in [-0.05, 0) is 24.1 Å². The molecule has 0 aliphatic heterocycles. The van der Waals surface area contributed by atoms with Gasteiger partial charge in [-0.25, -0.2) is 0 Å². The molecular formula is C11H15NO2. The molecule has 0 unspecified atom stereocenters. The molecule has 2 N–H and O–H groups in total. The number of carbonyl (C=O) groups is 1. The van der Waals surface area contributed by atoms with Crippen molar-refractivity contribution >= 4 is 11.7 Å². The molecule has 3 heteroatoms. The van der Waals surface area contributed by atoms with E-state index >= 15 is 0 Å². The summed E-state index contributed by atoms with van der Waals surface area (Å²) in [5.41, 5.74) is 2.14. The van der Waals surface area contributed by atoms with E-state index in [0.717, 1.165) is 18.5 Å². The number of hydrogen-bond acceptors (Lipinski definition) is 2. The van der Waals surface area contributed by atoms with E-state index in [9.17, 15) is 4.79 Å². The lowest BCUT2D eigenvalue weighted by Crippen LogP contribution is -2.12. The third-order valence-electron chi connectivity index (χ3n) is 1.94. The highest BCUT2D eigenvalue weighted by molar-refractivity contribution is 5.72. The van der Waals surface area contributed by atoms with E-state index in [1.807, 2.05) is 24.3 Å². The first-order valence-corrected chi connectivity index (χ1v) is 4.77. The maximum absolute atomic E-state index is 10.3. The highest BCUT2D eigenvalue weighted by Crippen LogP contribution is 2.10. The predicted molar refractivity (Wildman–Crippen MR) is 56.6 cm³/mol. The average molecular weight is 193 g/mol. The van der Waals surface area contributed by atoms with Crippen LogP contribution in [0.1, 0.15) is 18.9 Å². The molecule has 0 heterocycles. The van der Waals surface area contributed by atoms with Crippen LogP contribution in [-0.4, -0.2) is 17.6 Å². The quantitative estimate of drug-likeness (QED) is 0.753. The molecule has 1 rings (SSSR count). The van der Waals surface area contributed by atoms with E-state index in [1.54, 1.807) is 0 Å². The van der Waals surface area contributed by atoms with Crippen molar-refractivity contribution < 1.29 is 9.90 Å². The van der Waals surface area contributed by atoms with E-state index in [4.69, 9.17) is 5.11 Å². The maximum Gasteiger partial charge on any atom is 0.322 e. The number of benzene rings is 1. The minimum Gasteiger partial charge on any atom is -0.480 e. The van der Waals surface area contributed by atoms with Crippen molar-refractivity contribution in [2.24, 2.45) is 0 Å². The Bertz CT molecular complexity index is 293.